The number of carbonyl (C=O) groups is 1. The Morgan fingerprint density at radius 1 is 1.70 bits per heavy atom. The highest BCUT2D eigenvalue weighted by Gasteiger charge is 2.41. The highest BCUT2D eigenvalue weighted by molar-refractivity contribution is 7.16. The number of hydrogen-bond acceptors (Lipinski definition) is 3. The van der Waals surface area contributed by atoms with Crippen LogP contribution < -0.4 is 0 Å². The summed E-state index contributed by atoms with van der Waals surface area (Å²) in [6, 6.07) is 2.10. The van der Waals surface area contributed by atoms with Gasteiger partial charge >= 0.3 is 0 Å². The third kappa shape index (κ3) is 3.08. The van der Waals surface area contributed by atoms with E-state index in [4.69, 9.17) is 16.3 Å². The minimum atomic E-state index is -0.325. The molecule has 0 N–H and O–H groups in total. The molecule has 1 fully saturated rings. The van der Waals surface area contributed by atoms with E-state index in [0.717, 1.165) is 21.2 Å². The molecule has 1 aliphatic heterocycles. The van der Waals surface area contributed by atoms with Crippen LogP contribution >= 0.6 is 22.9 Å². The van der Waals surface area contributed by atoms with Crippen molar-refractivity contribution in [2.45, 2.75) is 45.4 Å². The number of hydrogen-bond donors (Lipinski definition) is 0. The first-order valence-corrected chi connectivity index (χ1v) is 7.86. The zero-order valence-electron chi connectivity index (χ0n) is 12.1. The molecule has 0 spiro atoms. The molecule has 0 aliphatic carbocycles. The van der Waals surface area contributed by atoms with Gasteiger partial charge in [0.05, 0.1) is 22.5 Å². The van der Waals surface area contributed by atoms with Gasteiger partial charge in [-0.25, -0.2) is 0 Å². The van der Waals surface area contributed by atoms with Crippen molar-refractivity contribution >= 4 is 28.8 Å². The molecule has 1 aliphatic rings. The number of amides is 1. The number of halogens is 1. The van der Waals surface area contributed by atoms with E-state index in [2.05, 4.69) is 6.58 Å². The van der Waals surface area contributed by atoms with E-state index in [1.54, 1.807) is 0 Å². The first-order chi connectivity index (χ1) is 9.35. The van der Waals surface area contributed by atoms with Crippen LogP contribution in [0.3, 0.4) is 0 Å². The van der Waals surface area contributed by atoms with Crippen LogP contribution in [0, 0.1) is 6.92 Å². The van der Waals surface area contributed by atoms with Gasteiger partial charge in [-0.05, 0) is 44.9 Å². The fraction of sp³-hybridized carbons (Fsp3) is 0.533. The molecule has 0 saturated carbocycles. The second-order valence-electron chi connectivity index (χ2n) is 5.60. The van der Waals surface area contributed by atoms with Crippen molar-refractivity contribution in [2.75, 3.05) is 6.61 Å². The molecule has 2 rings (SSSR count). The molecular weight excluding hydrogens is 294 g/mol. The third-order valence-corrected chi connectivity index (χ3v) is 5.28. The molecule has 1 amide bonds. The molecule has 20 heavy (non-hydrogen) atoms. The van der Waals surface area contributed by atoms with E-state index in [9.17, 15) is 4.79 Å². The van der Waals surface area contributed by atoms with Crippen molar-refractivity contribution in [1.29, 1.82) is 0 Å². The van der Waals surface area contributed by atoms with Gasteiger partial charge in [0.15, 0.2) is 0 Å². The van der Waals surface area contributed by atoms with E-state index in [1.165, 1.54) is 17.4 Å². The number of ether oxygens (including phenoxy) is 1. The summed E-state index contributed by atoms with van der Waals surface area (Å²) in [5, 5.41) is 0. The Hall–Kier alpha value is -0.840. The molecule has 1 saturated heterocycles. The lowest BCUT2D eigenvalue weighted by atomic mass is 9.97. The molecule has 110 valence electrons. The van der Waals surface area contributed by atoms with Crippen LogP contribution in [0.25, 0.3) is 0 Å². The van der Waals surface area contributed by atoms with E-state index < -0.39 is 0 Å². The molecule has 5 heteroatoms. The van der Waals surface area contributed by atoms with Crippen molar-refractivity contribution in [1.82, 2.24) is 4.90 Å². The quantitative estimate of drug-likeness (QED) is 0.791. The molecule has 0 bridgehead atoms. The van der Waals surface area contributed by atoms with E-state index in [1.807, 2.05) is 31.7 Å². The largest absolute Gasteiger partial charge is 0.373 e. The monoisotopic (exact) mass is 313 g/mol. The van der Waals surface area contributed by atoms with Crippen LogP contribution in [0.2, 0.25) is 4.34 Å². The van der Waals surface area contributed by atoms with Gasteiger partial charge in [-0.3, -0.25) is 4.79 Å². The number of carbonyl (C=O) groups excluding carboxylic acids is 1. The van der Waals surface area contributed by atoms with Crippen LogP contribution in [-0.2, 0) is 16.1 Å². The fourth-order valence-electron chi connectivity index (χ4n) is 2.64. The fourth-order valence-corrected chi connectivity index (χ4v) is 3.88. The highest BCUT2D eigenvalue weighted by atomic mass is 35.5. The molecule has 0 aromatic carbocycles. The van der Waals surface area contributed by atoms with Gasteiger partial charge < -0.3 is 9.64 Å². The van der Waals surface area contributed by atoms with Gasteiger partial charge in [-0.1, -0.05) is 18.2 Å². The van der Waals surface area contributed by atoms with Gasteiger partial charge in [-0.15, -0.1) is 11.3 Å². The van der Waals surface area contributed by atoms with Gasteiger partial charge in [0.1, 0.15) is 0 Å². The normalized spacial score (nSPS) is 20.9. The lowest BCUT2D eigenvalue weighted by molar-refractivity contribution is -0.132. The van der Waals surface area contributed by atoms with Gasteiger partial charge in [0.2, 0.25) is 5.91 Å². The summed E-state index contributed by atoms with van der Waals surface area (Å²) >= 11 is 7.64. The molecular formula is C15H20ClNO2S. The van der Waals surface area contributed by atoms with Crippen LogP contribution in [0.5, 0.6) is 0 Å². The summed E-state index contributed by atoms with van der Waals surface area (Å²) in [5.41, 5.74) is 0.731. The first-order valence-electron chi connectivity index (χ1n) is 6.67. The summed E-state index contributed by atoms with van der Waals surface area (Å²) in [6.07, 6.45) is 2.22. The van der Waals surface area contributed by atoms with Crippen molar-refractivity contribution in [3.63, 3.8) is 0 Å². The third-order valence-electron chi connectivity index (χ3n) is 3.74. The molecule has 2 heterocycles. The lowest BCUT2D eigenvalue weighted by Crippen LogP contribution is -2.48. The number of aryl methyl sites for hydroxylation is 1. The minimum Gasteiger partial charge on any atom is -0.373 e. The summed E-state index contributed by atoms with van der Waals surface area (Å²) in [6.45, 7) is 10.9. The van der Waals surface area contributed by atoms with Crippen molar-refractivity contribution < 1.29 is 9.53 Å². The Morgan fingerprint density at radius 3 is 2.85 bits per heavy atom. The second kappa shape index (κ2) is 5.88. The summed E-state index contributed by atoms with van der Waals surface area (Å²) < 4.78 is 6.53. The smallest absolute Gasteiger partial charge is 0.246 e. The van der Waals surface area contributed by atoms with E-state index in [-0.39, 0.29) is 17.6 Å². The molecule has 1 atom stereocenters. The maximum absolute atomic E-state index is 12.2. The number of rotatable bonds is 4. The van der Waals surface area contributed by atoms with Crippen LogP contribution in [0.15, 0.2) is 18.7 Å². The SMILES string of the molecule is C=CC(=O)N(Cc1cc(C)c(Cl)s1)C1CCOC1(C)C. The number of thiophene rings is 1. The molecule has 0 radical (unpaired) electrons. The van der Waals surface area contributed by atoms with Crippen molar-refractivity contribution in [2.24, 2.45) is 0 Å². The summed E-state index contributed by atoms with van der Waals surface area (Å²) in [5.74, 6) is -0.0595. The average Bonchev–Trinajstić information content (AvgIpc) is 2.88. The molecule has 1 aromatic heterocycles. The minimum absolute atomic E-state index is 0.0595. The molecule has 1 aromatic rings. The topological polar surface area (TPSA) is 29.5 Å². The predicted octanol–water partition coefficient (Wildman–Crippen LogP) is 3.79. The van der Waals surface area contributed by atoms with Crippen LogP contribution in [0.4, 0.5) is 0 Å². The Bertz CT molecular complexity index is 504. The van der Waals surface area contributed by atoms with Gasteiger partial charge in [-0.2, -0.15) is 0 Å². The average molecular weight is 314 g/mol. The Kier molecular flexibility index (Phi) is 4.57. The second-order valence-corrected chi connectivity index (χ2v) is 7.33. The zero-order valence-corrected chi connectivity index (χ0v) is 13.7. The highest BCUT2D eigenvalue weighted by Crippen LogP contribution is 2.33. The standard InChI is InChI=1S/C15H20ClNO2S/c1-5-13(18)17(12-6-7-19-15(12,3)4)9-11-8-10(2)14(16)20-11/h5,8,12H,1,6-7,9H2,2-4H3. The molecule has 3 nitrogen and oxygen atoms in total. The Morgan fingerprint density at radius 2 is 2.40 bits per heavy atom. The van der Waals surface area contributed by atoms with E-state index in [0.29, 0.717) is 13.2 Å². The zero-order chi connectivity index (χ0) is 14.9. The first kappa shape index (κ1) is 15.5. The predicted molar refractivity (Wildman–Crippen MR) is 83.2 cm³/mol. The van der Waals surface area contributed by atoms with Gasteiger partial charge in [0.25, 0.3) is 0 Å². The Balaban J connectivity index is 2.24. The van der Waals surface area contributed by atoms with E-state index >= 15 is 0 Å². The number of nitrogens with zero attached hydrogens (tertiary/aromatic N) is 1. The summed E-state index contributed by atoms with van der Waals surface area (Å²) in [4.78, 5) is 15.1. The van der Waals surface area contributed by atoms with Gasteiger partial charge in [0, 0.05) is 11.5 Å². The maximum Gasteiger partial charge on any atom is 0.246 e. The van der Waals surface area contributed by atoms with Crippen molar-refractivity contribution in [3.8, 4) is 0 Å². The van der Waals surface area contributed by atoms with Crippen LogP contribution in [-0.4, -0.2) is 29.1 Å². The Labute approximate surface area is 129 Å². The maximum atomic E-state index is 12.2. The summed E-state index contributed by atoms with van der Waals surface area (Å²) in [7, 11) is 0. The molecule has 1 unspecified atom stereocenters. The van der Waals surface area contributed by atoms with Crippen LogP contribution in [0.1, 0.15) is 30.7 Å². The van der Waals surface area contributed by atoms with Crippen molar-refractivity contribution in [3.05, 3.63) is 33.5 Å². The lowest BCUT2D eigenvalue weighted by Gasteiger charge is -2.35.